The molecule has 0 radical (unpaired) electrons. The molecule has 9 heteroatoms. The predicted molar refractivity (Wildman–Crippen MR) is 97.9 cm³/mol. The van der Waals surface area contributed by atoms with E-state index < -0.39 is 15.9 Å². The lowest BCUT2D eigenvalue weighted by atomic mass is 10.3. The van der Waals surface area contributed by atoms with Crippen molar-refractivity contribution in [3.8, 4) is 5.75 Å². The number of methoxy groups -OCH3 is 1. The number of carbonyl (C=O) groups excluding carboxylic acids is 1. The summed E-state index contributed by atoms with van der Waals surface area (Å²) in [6, 6.07) is 10.8. The lowest BCUT2D eigenvalue weighted by molar-refractivity contribution is -0.116. The molecule has 25 heavy (non-hydrogen) atoms. The zero-order valence-electron chi connectivity index (χ0n) is 13.5. The summed E-state index contributed by atoms with van der Waals surface area (Å²) in [6.45, 7) is -0.378. The Hall–Kier alpha value is -1.80. The summed E-state index contributed by atoms with van der Waals surface area (Å²) >= 11 is 11.9. The van der Waals surface area contributed by atoms with Crippen molar-refractivity contribution in [1.29, 1.82) is 0 Å². The van der Waals surface area contributed by atoms with E-state index in [4.69, 9.17) is 27.9 Å². The van der Waals surface area contributed by atoms with E-state index >= 15 is 0 Å². The Morgan fingerprint density at radius 2 is 1.84 bits per heavy atom. The fraction of sp³-hybridized carbons (Fsp3) is 0.188. The van der Waals surface area contributed by atoms with Gasteiger partial charge in [-0.2, -0.15) is 4.31 Å². The number of nitrogens with one attached hydrogen (secondary N) is 1. The molecule has 0 aliphatic carbocycles. The predicted octanol–water partition coefficient (Wildman–Crippen LogP) is 3.26. The number of nitrogens with zero attached hydrogens (tertiary/aromatic N) is 1. The molecule has 0 aliphatic rings. The van der Waals surface area contributed by atoms with E-state index in [1.807, 2.05) is 0 Å². The van der Waals surface area contributed by atoms with Gasteiger partial charge in [-0.3, -0.25) is 4.79 Å². The van der Waals surface area contributed by atoms with Crippen LogP contribution in [-0.2, 0) is 14.8 Å². The molecule has 1 amide bonds. The minimum atomic E-state index is -3.88. The second-order valence-electron chi connectivity index (χ2n) is 5.09. The van der Waals surface area contributed by atoms with Crippen LogP contribution in [0.25, 0.3) is 0 Å². The maximum absolute atomic E-state index is 12.6. The number of hydrogen-bond acceptors (Lipinski definition) is 4. The van der Waals surface area contributed by atoms with Crippen molar-refractivity contribution in [2.45, 2.75) is 4.90 Å². The number of halogens is 2. The average Bonchev–Trinajstić information content (AvgIpc) is 2.56. The van der Waals surface area contributed by atoms with Gasteiger partial charge in [0.1, 0.15) is 5.75 Å². The third-order valence-corrected chi connectivity index (χ3v) is 5.77. The van der Waals surface area contributed by atoms with Gasteiger partial charge < -0.3 is 10.1 Å². The second kappa shape index (κ2) is 8.05. The third kappa shape index (κ3) is 4.64. The van der Waals surface area contributed by atoms with Gasteiger partial charge in [-0.15, -0.1) is 0 Å². The van der Waals surface area contributed by atoms with Crippen molar-refractivity contribution < 1.29 is 17.9 Å². The first-order chi connectivity index (χ1) is 11.8. The van der Waals surface area contributed by atoms with Gasteiger partial charge >= 0.3 is 0 Å². The van der Waals surface area contributed by atoms with Crippen molar-refractivity contribution in [2.24, 2.45) is 0 Å². The number of carbonyl (C=O) groups is 1. The van der Waals surface area contributed by atoms with Gasteiger partial charge in [-0.25, -0.2) is 8.42 Å². The fourth-order valence-electron chi connectivity index (χ4n) is 2.03. The molecule has 0 spiro atoms. The van der Waals surface area contributed by atoms with Crippen LogP contribution in [0.5, 0.6) is 5.75 Å². The molecule has 1 N–H and O–H groups in total. The molecule has 2 rings (SSSR count). The first-order valence-electron chi connectivity index (χ1n) is 7.10. The molecule has 0 saturated carbocycles. The number of hydrogen-bond donors (Lipinski definition) is 1. The number of sulfonamides is 1. The first-order valence-corrected chi connectivity index (χ1v) is 9.29. The van der Waals surface area contributed by atoms with Gasteiger partial charge in [0.15, 0.2) is 0 Å². The van der Waals surface area contributed by atoms with E-state index in [1.165, 1.54) is 32.4 Å². The molecule has 0 bridgehead atoms. The quantitative estimate of drug-likeness (QED) is 0.804. The van der Waals surface area contributed by atoms with Crippen LogP contribution in [0.1, 0.15) is 0 Å². The summed E-state index contributed by atoms with van der Waals surface area (Å²) in [5, 5.41) is 3.10. The van der Waals surface area contributed by atoms with Crippen LogP contribution >= 0.6 is 23.2 Å². The third-order valence-electron chi connectivity index (χ3n) is 3.35. The lowest BCUT2D eigenvalue weighted by Crippen LogP contribution is -2.35. The minimum Gasteiger partial charge on any atom is -0.495 e. The van der Waals surface area contributed by atoms with Crippen LogP contribution in [-0.4, -0.2) is 39.3 Å². The van der Waals surface area contributed by atoms with Crippen LogP contribution in [0.4, 0.5) is 5.69 Å². The summed E-state index contributed by atoms with van der Waals surface area (Å²) in [5.41, 5.74) is 0.410. The Morgan fingerprint density at radius 3 is 2.44 bits per heavy atom. The Kier molecular flexibility index (Phi) is 6.29. The van der Waals surface area contributed by atoms with E-state index in [1.54, 1.807) is 24.3 Å². The number of rotatable bonds is 6. The van der Waals surface area contributed by atoms with Gasteiger partial charge in [0.05, 0.1) is 34.3 Å². The maximum Gasteiger partial charge on any atom is 0.243 e. The molecular formula is C16H16Cl2N2O4S. The van der Waals surface area contributed by atoms with Crippen molar-refractivity contribution in [1.82, 2.24) is 4.31 Å². The maximum atomic E-state index is 12.6. The van der Waals surface area contributed by atoms with Crippen molar-refractivity contribution in [3.63, 3.8) is 0 Å². The number of likely N-dealkylation sites (N-methyl/N-ethyl adjacent to an activating group) is 1. The molecule has 2 aromatic rings. The standard InChI is InChI=1S/C16H16Cl2N2O4S/c1-20(10-16(21)19-14-6-4-3-5-12(14)17)25(22,23)11-7-8-15(24-2)13(18)9-11/h3-9H,10H2,1-2H3,(H,19,21). The summed E-state index contributed by atoms with van der Waals surface area (Å²) in [5.74, 6) is -0.154. The normalized spacial score (nSPS) is 11.4. The van der Waals surface area contributed by atoms with Crippen molar-refractivity contribution in [2.75, 3.05) is 26.0 Å². The zero-order chi connectivity index (χ0) is 18.6. The first kappa shape index (κ1) is 19.5. The van der Waals surface area contributed by atoms with Gasteiger partial charge in [-0.1, -0.05) is 35.3 Å². The highest BCUT2D eigenvalue weighted by Gasteiger charge is 2.24. The lowest BCUT2D eigenvalue weighted by Gasteiger charge is -2.17. The molecule has 6 nitrogen and oxygen atoms in total. The molecule has 2 aromatic carbocycles. The minimum absolute atomic E-state index is 0.0358. The number of ether oxygens (including phenoxy) is 1. The van der Waals surface area contributed by atoms with Crippen LogP contribution < -0.4 is 10.1 Å². The second-order valence-corrected chi connectivity index (χ2v) is 7.94. The number of benzene rings is 2. The van der Waals surface area contributed by atoms with Gasteiger partial charge in [0.25, 0.3) is 0 Å². The Balaban J connectivity index is 2.13. The van der Waals surface area contributed by atoms with Crippen LogP contribution in [0.15, 0.2) is 47.4 Å². The Labute approximate surface area is 156 Å². The summed E-state index contributed by atoms with van der Waals surface area (Å²) in [6.07, 6.45) is 0. The van der Waals surface area contributed by atoms with Crippen LogP contribution in [0.2, 0.25) is 10.0 Å². The molecule has 0 aliphatic heterocycles. The van der Waals surface area contributed by atoms with E-state index in [-0.39, 0.29) is 16.5 Å². The highest BCUT2D eigenvalue weighted by Crippen LogP contribution is 2.28. The molecule has 0 atom stereocenters. The smallest absolute Gasteiger partial charge is 0.243 e. The van der Waals surface area contributed by atoms with Crippen molar-refractivity contribution >= 4 is 44.8 Å². The summed E-state index contributed by atoms with van der Waals surface area (Å²) < 4.78 is 31.0. The van der Waals surface area contributed by atoms with Crippen molar-refractivity contribution in [3.05, 3.63) is 52.5 Å². The Morgan fingerprint density at radius 1 is 1.16 bits per heavy atom. The summed E-state index contributed by atoms with van der Waals surface area (Å²) in [4.78, 5) is 12.1. The summed E-state index contributed by atoms with van der Waals surface area (Å²) in [7, 11) is -1.15. The fourth-order valence-corrected chi connectivity index (χ4v) is 3.69. The highest BCUT2D eigenvalue weighted by molar-refractivity contribution is 7.89. The van der Waals surface area contributed by atoms with Gasteiger partial charge in [0, 0.05) is 7.05 Å². The number of anilines is 1. The van der Waals surface area contributed by atoms with E-state index in [0.29, 0.717) is 16.5 Å². The zero-order valence-corrected chi connectivity index (χ0v) is 15.8. The van der Waals surface area contributed by atoms with E-state index in [0.717, 1.165) is 4.31 Å². The highest BCUT2D eigenvalue weighted by atomic mass is 35.5. The molecule has 134 valence electrons. The van der Waals surface area contributed by atoms with Crippen LogP contribution in [0.3, 0.4) is 0 Å². The molecule has 0 saturated heterocycles. The SMILES string of the molecule is COc1ccc(S(=O)(=O)N(C)CC(=O)Nc2ccccc2Cl)cc1Cl. The molecule has 0 fully saturated rings. The van der Waals surface area contributed by atoms with Gasteiger partial charge in [0.2, 0.25) is 15.9 Å². The molecule has 0 heterocycles. The number of para-hydroxylation sites is 1. The molecule has 0 unspecified atom stereocenters. The monoisotopic (exact) mass is 402 g/mol. The van der Waals surface area contributed by atoms with E-state index in [2.05, 4.69) is 5.32 Å². The molecule has 0 aromatic heterocycles. The largest absolute Gasteiger partial charge is 0.495 e. The number of amides is 1. The topological polar surface area (TPSA) is 75.7 Å². The van der Waals surface area contributed by atoms with E-state index in [9.17, 15) is 13.2 Å². The molecular weight excluding hydrogens is 387 g/mol. The Bertz CT molecular complexity index is 887. The average molecular weight is 403 g/mol. The van der Waals surface area contributed by atoms with Gasteiger partial charge in [-0.05, 0) is 30.3 Å². The van der Waals surface area contributed by atoms with Crippen LogP contribution in [0, 0.1) is 0 Å².